The number of nitrogens with zero attached hydrogens (tertiary/aromatic N) is 1. The molecule has 0 aromatic heterocycles. The van der Waals surface area contributed by atoms with Crippen molar-refractivity contribution < 1.29 is 13.2 Å². The van der Waals surface area contributed by atoms with Gasteiger partial charge in [-0.1, -0.05) is 38.4 Å². The maximum absolute atomic E-state index is 12.3. The van der Waals surface area contributed by atoms with Crippen LogP contribution >= 0.6 is 11.6 Å². The van der Waals surface area contributed by atoms with Crippen LogP contribution in [0, 0.1) is 12.3 Å². The molecule has 0 unspecified atom stereocenters. The zero-order valence-corrected chi connectivity index (χ0v) is 19.1. The van der Waals surface area contributed by atoms with E-state index in [-0.39, 0.29) is 29.8 Å². The highest BCUT2D eigenvalue weighted by Gasteiger charge is 2.27. The molecule has 1 amide bonds. The van der Waals surface area contributed by atoms with Crippen molar-refractivity contribution in [2.24, 2.45) is 5.41 Å². The summed E-state index contributed by atoms with van der Waals surface area (Å²) in [6, 6.07) is 5.19. The number of carbonyl (C=O) groups excluding carboxylic acids is 1. The van der Waals surface area contributed by atoms with Crippen molar-refractivity contribution in [3.63, 3.8) is 0 Å². The number of hydrogen-bond donors (Lipinski definition) is 1. The summed E-state index contributed by atoms with van der Waals surface area (Å²) in [5.74, 6) is -0.0690. The van der Waals surface area contributed by atoms with Crippen LogP contribution in [0.2, 0.25) is 5.02 Å². The molecule has 0 aliphatic rings. The molecule has 0 aliphatic carbocycles. The molecular formula is C20H33ClN2O3S. The Labute approximate surface area is 169 Å². The van der Waals surface area contributed by atoms with Gasteiger partial charge in [-0.25, -0.2) is 8.42 Å². The molecule has 0 saturated heterocycles. The van der Waals surface area contributed by atoms with E-state index < -0.39 is 10.0 Å². The molecule has 0 atom stereocenters. The Morgan fingerprint density at radius 2 is 1.78 bits per heavy atom. The number of amides is 1. The molecule has 7 heteroatoms. The first kappa shape index (κ1) is 23.8. The minimum absolute atomic E-state index is 0.0690. The number of carbonyl (C=O) groups is 1. The second-order valence-corrected chi connectivity index (χ2v) is 11.3. The lowest BCUT2D eigenvalue weighted by molar-refractivity contribution is -0.123. The summed E-state index contributed by atoms with van der Waals surface area (Å²) in [5, 5.41) is 3.57. The summed E-state index contributed by atoms with van der Waals surface area (Å²) in [7, 11) is -3.47. The summed E-state index contributed by atoms with van der Waals surface area (Å²) in [6.07, 6.45) is 2.71. The fraction of sp³-hybridized carbons (Fsp3) is 0.650. The van der Waals surface area contributed by atoms with Gasteiger partial charge >= 0.3 is 0 Å². The maximum atomic E-state index is 12.3. The molecule has 5 nitrogen and oxygen atoms in total. The molecule has 0 aliphatic heterocycles. The number of sulfonamides is 1. The average molecular weight is 417 g/mol. The third-order valence-corrected chi connectivity index (χ3v) is 5.71. The first-order valence-electron chi connectivity index (χ1n) is 9.16. The molecule has 0 radical (unpaired) electrons. The van der Waals surface area contributed by atoms with Crippen molar-refractivity contribution in [1.82, 2.24) is 5.32 Å². The summed E-state index contributed by atoms with van der Waals surface area (Å²) < 4.78 is 25.8. The summed E-state index contributed by atoms with van der Waals surface area (Å²) in [6.45, 7) is 12.4. The number of anilines is 1. The number of benzene rings is 1. The Morgan fingerprint density at radius 1 is 1.19 bits per heavy atom. The average Bonchev–Trinajstić information content (AvgIpc) is 2.42. The molecule has 0 saturated carbocycles. The fourth-order valence-electron chi connectivity index (χ4n) is 3.52. The molecule has 27 heavy (non-hydrogen) atoms. The van der Waals surface area contributed by atoms with Crippen molar-refractivity contribution >= 4 is 33.2 Å². The Bertz CT molecular complexity index is 768. The van der Waals surface area contributed by atoms with E-state index in [1.165, 1.54) is 10.6 Å². The molecule has 1 aromatic rings. The van der Waals surface area contributed by atoms with E-state index in [2.05, 4.69) is 26.1 Å². The number of rotatable bonds is 8. The van der Waals surface area contributed by atoms with Crippen LogP contribution < -0.4 is 9.62 Å². The van der Waals surface area contributed by atoms with Crippen molar-refractivity contribution in [2.45, 2.75) is 66.3 Å². The fourth-order valence-corrected chi connectivity index (χ4v) is 4.71. The molecule has 0 heterocycles. The number of hydrogen-bond acceptors (Lipinski definition) is 3. The van der Waals surface area contributed by atoms with Crippen LogP contribution in [0.15, 0.2) is 18.2 Å². The highest BCUT2D eigenvalue weighted by molar-refractivity contribution is 7.92. The Hall–Kier alpha value is -1.27. The largest absolute Gasteiger partial charge is 0.351 e. The van der Waals surface area contributed by atoms with E-state index in [1.54, 1.807) is 25.1 Å². The minimum Gasteiger partial charge on any atom is -0.351 e. The van der Waals surface area contributed by atoms with E-state index in [4.69, 9.17) is 11.6 Å². The lowest BCUT2D eigenvalue weighted by atomic mass is 9.82. The molecule has 0 bridgehead atoms. The van der Waals surface area contributed by atoms with Gasteiger partial charge in [-0.05, 0) is 56.7 Å². The standard InChI is InChI=1S/C20H33ClN2O3S/c1-15-16(21)10-8-11-17(15)23(27(7,25)26)13-9-12-18(24)22-20(5,6)14-19(2,3)4/h8,10-11H,9,12-14H2,1-7H3,(H,22,24). The minimum atomic E-state index is -3.47. The van der Waals surface area contributed by atoms with Crippen LogP contribution in [0.4, 0.5) is 5.69 Å². The van der Waals surface area contributed by atoms with Gasteiger partial charge in [0.15, 0.2) is 0 Å². The van der Waals surface area contributed by atoms with E-state index in [9.17, 15) is 13.2 Å². The normalized spacial score (nSPS) is 12.7. The Kier molecular flexibility index (Phi) is 7.77. The first-order chi connectivity index (χ1) is 12.1. The van der Waals surface area contributed by atoms with Crippen molar-refractivity contribution in [3.8, 4) is 0 Å². The van der Waals surface area contributed by atoms with Crippen LogP contribution in [0.1, 0.15) is 59.4 Å². The lowest BCUT2D eigenvalue weighted by Crippen LogP contribution is -2.46. The summed E-state index contributed by atoms with van der Waals surface area (Å²) in [4.78, 5) is 12.3. The van der Waals surface area contributed by atoms with E-state index >= 15 is 0 Å². The second-order valence-electron chi connectivity index (χ2n) is 8.99. The molecular weight excluding hydrogens is 384 g/mol. The van der Waals surface area contributed by atoms with Gasteiger partial charge < -0.3 is 5.32 Å². The third kappa shape index (κ3) is 8.09. The predicted molar refractivity (Wildman–Crippen MR) is 114 cm³/mol. The van der Waals surface area contributed by atoms with Crippen molar-refractivity contribution in [2.75, 3.05) is 17.1 Å². The summed E-state index contributed by atoms with van der Waals surface area (Å²) in [5.41, 5.74) is 1.06. The molecule has 1 rings (SSSR count). The van der Waals surface area contributed by atoms with Gasteiger partial charge in [0.1, 0.15) is 0 Å². The third-order valence-electron chi connectivity index (χ3n) is 4.12. The molecule has 154 valence electrons. The molecule has 0 spiro atoms. The van der Waals surface area contributed by atoms with Gasteiger partial charge in [-0.2, -0.15) is 0 Å². The van der Waals surface area contributed by atoms with Crippen LogP contribution in [-0.2, 0) is 14.8 Å². The van der Waals surface area contributed by atoms with Gasteiger partial charge in [0, 0.05) is 23.5 Å². The van der Waals surface area contributed by atoms with Gasteiger partial charge in [0.05, 0.1) is 11.9 Å². The molecule has 1 N–H and O–H groups in total. The zero-order valence-electron chi connectivity index (χ0n) is 17.5. The summed E-state index contributed by atoms with van der Waals surface area (Å²) >= 11 is 6.13. The van der Waals surface area contributed by atoms with E-state index in [0.717, 1.165) is 6.42 Å². The van der Waals surface area contributed by atoms with Gasteiger partial charge in [-0.3, -0.25) is 9.10 Å². The van der Waals surface area contributed by atoms with E-state index in [1.807, 2.05) is 13.8 Å². The number of halogens is 1. The quantitative estimate of drug-likeness (QED) is 0.677. The van der Waals surface area contributed by atoms with Crippen molar-refractivity contribution in [3.05, 3.63) is 28.8 Å². The van der Waals surface area contributed by atoms with Gasteiger partial charge in [-0.15, -0.1) is 0 Å². The van der Waals surface area contributed by atoms with Gasteiger partial charge in [0.25, 0.3) is 0 Å². The Balaban J connectivity index is 2.76. The second kappa shape index (κ2) is 8.82. The van der Waals surface area contributed by atoms with Crippen molar-refractivity contribution in [1.29, 1.82) is 0 Å². The first-order valence-corrected chi connectivity index (χ1v) is 11.4. The molecule has 1 aromatic carbocycles. The van der Waals surface area contributed by atoms with Crippen LogP contribution in [0.3, 0.4) is 0 Å². The monoisotopic (exact) mass is 416 g/mol. The highest BCUT2D eigenvalue weighted by Crippen LogP contribution is 2.29. The van der Waals surface area contributed by atoms with E-state index in [0.29, 0.717) is 22.7 Å². The van der Waals surface area contributed by atoms with Crippen LogP contribution in [0.5, 0.6) is 0 Å². The SMILES string of the molecule is Cc1c(Cl)cccc1N(CCCC(=O)NC(C)(C)CC(C)(C)C)S(C)(=O)=O. The predicted octanol–water partition coefficient (Wildman–Crippen LogP) is 4.53. The highest BCUT2D eigenvalue weighted by atomic mass is 35.5. The molecule has 0 fully saturated rings. The van der Waals surface area contributed by atoms with Gasteiger partial charge in [0.2, 0.25) is 15.9 Å². The topological polar surface area (TPSA) is 66.5 Å². The van der Waals surface area contributed by atoms with Crippen LogP contribution in [0.25, 0.3) is 0 Å². The lowest BCUT2D eigenvalue weighted by Gasteiger charge is -2.33. The smallest absolute Gasteiger partial charge is 0.232 e. The Morgan fingerprint density at radius 3 is 2.30 bits per heavy atom. The zero-order chi connectivity index (χ0) is 21.0. The number of nitrogens with one attached hydrogen (secondary N) is 1. The maximum Gasteiger partial charge on any atom is 0.232 e. The van der Waals surface area contributed by atoms with Crippen LogP contribution in [-0.4, -0.2) is 32.7 Å².